The molecule has 2 rings (SSSR count). The smallest absolute Gasteiger partial charge is 0.185 e. The maximum Gasteiger partial charge on any atom is 0.185 e. The molecule has 0 amide bonds. The molecule has 0 aliphatic heterocycles. The molecule has 0 bridgehead atoms. The van der Waals surface area contributed by atoms with E-state index < -0.39 is 23.2 Å². The summed E-state index contributed by atoms with van der Waals surface area (Å²) in [5, 5.41) is 0. The third-order valence-electron chi connectivity index (χ3n) is 2.38. The number of halogens is 3. The van der Waals surface area contributed by atoms with E-state index in [2.05, 4.69) is 4.98 Å². The normalized spacial score (nSPS) is 10.4. The van der Waals surface area contributed by atoms with Gasteiger partial charge in [-0.15, -0.1) is 0 Å². The molecule has 18 heavy (non-hydrogen) atoms. The van der Waals surface area contributed by atoms with E-state index in [4.69, 9.17) is 0 Å². The van der Waals surface area contributed by atoms with Gasteiger partial charge in [0.2, 0.25) is 0 Å². The number of Topliss-reactive ketones (excluding diaryl/α,β-unsaturated/α-hetero) is 1. The summed E-state index contributed by atoms with van der Waals surface area (Å²) in [7, 11) is 0. The van der Waals surface area contributed by atoms with Crippen LogP contribution in [0.1, 0.15) is 16.1 Å². The first-order valence-electron chi connectivity index (χ1n) is 5.15. The van der Waals surface area contributed by atoms with Gasteiger partial charge in [0, 0.05) is 12.5 Å². The van der Waals surface area contributed by atoms with Crippen molar-refractivity contribution in [1.82, 2.24) is 4.98 Å². The molecule has 0 aliphatic rings. The number of hydrogen-bond acceptors (Lipinski definition) is 2. The van der Waals surface area contributed by atoms with Crippen molar-refractivity contribution in [2.24, 2.45) is 0 Å². The van der Waals surface area contributed by atoms with Gasteiger partial charge in [0.05, 0.1) is 6.20 Å². The fourth-order valence-electron chi connectivity index (χ4n) is 1.47. The van der Waals surface area contributed by atoms with Gasteiger partial charge in [-0.3, -0.25) is 9.78 Å². The lowest BCUT2D eigenvalue weighted by Gasteiger charge is -2.02. The van der Waals surface area contributed by atoms with E-state index in [1.54, 1.807) is 0 Å². The lowest BCUT2D eigenvalue weighted by Crippen LogP contribution is -2.07. The summed E-state index contributed by atoms with van der Waals surface area (Å²) in [5.74, 6) is -2.51. The highest BCUT2D eigenvalue weighted by atomic mass is 19.1. The summed E-state index contributed by atoms with van der Waals surface area (Å²) in [4.78, 5) is 15.3. The second-order valence-corrected chi connectivity index (χ2v) is 3.70. The van der Waals surface area contributed by atoms with Crippen LogP contribution in [-0.4, -0.2) is 10.8 Å². The maximum absolute atomic E-state index is 13.3. The standard InChI is InChI=1S/C13H8F3NO/c14-9-2-1-8(11(16)6-9)5-13(18)12-4-3-10(15)7-17-12/h1-4,6-7H,5H2. The van der Waals surface area contributed by atoms with E-state index in [1.807, 2.05) is 0 Å². The van der Waals surface area contributed by atoms with Crippen LogP contribution < -0.4 is 0 Å². The fraction of sp³-hybridized carbons (Fsp3) is 0.0769. The number of hydrogen-bond donors (Lipinski definition) is 0. The third kappa shape index (κ3) is 2.74. The van der Waals surface area contributed by atoms with Gasteiger partial charge in [-0.2, -0.15) is 0 Å². The molecular formula is C13H8F3NO. The van der Waals surface area contributed by atoms with Crippen LogP contribution in [0.3, 0.4) is 0 Å². The zero-order chi connectivity index (χ0) is 13.1. The molecule has 2 nitrogen and oxygen atoms in total. The van der Waals surface area contributed by atoms with E-state index in [9.17, 15) is 18.0 Å². The Bertz CT molecular complexity index is 581. The first-order valence-corrected chi connectivity index (χ1v) is 5.15. The van der Waals surface area contributed by atoms with Crippen molar-refractivity contribution in [3.8, 4) is 0 Å². The molecule has 92 valence electrons. The Labute approximate surface area is 101 Å². The Morgan fingerprint density at radius 1 is 1.06 bits per heavy atom. The Kier molecular flexibility index (Phi) is 3.41. The largest absolute Gasteiger partial charge is 0.292 e. The number of rotatable bonds is 3. The predicted octanol–water partition coefficient (Wildman–Crippen LogP) is 2.92. The second-order valence-electron chi connectivity index (χ2n) is 3.70. The van der Waals surface area contributed by atoms with E-state index in [-0.39, 0.29) is 17.7 Å². The number of carbonyl (C=O) groups is 1. The fourth-order valence-corrected chi connectivity index (χ4v) is 1.47. The molecule has 0 saturated heterocycles. The van der Waals surface area contributed by atoms with Crippen molar-refractivity contribution >= 4 is 5.78 Å². The molecule has 0 unspecified atom stereocenters. The van der Waals surface area contributed by atoms with E-state index >= 15 is 0 Å². The summed E-state index contributed by atoms with van der Waals surface area (Å²) in [5.41, 5.74) is 0.118. The highest BCUT2D eigenvalue weighted by molar-refractivity contribution is 5.95. The van der Waals surface area contributed by atoms with Crippen molar-refractivity contribution in [2.45, 2.75) is 6.42 Å². The monoisotopic (exact) mass is 251 g/mol. The first kappa shape index (κ1) is 12.3. The van der Waals surface area contributed by atoms with E-state index in [0.717, 1.165) is 18.3 Å². The van der Waals surface area contributed by atoms with Crippen LogP contribution in [0.4, 0.5) is 13.2 Å². The van der Waals surface area contributed by atoms with Gasteiger partial charge in [-0.25, -0.2) is 13.2 Å². The lowest BCUT2D eigenvalue weighted by molar-refractivity contribution is 0.0987. The third-order valence-corrected chi connectivity index (χ3v) is 2.38. The number of ketones is 1. The highest BCUT2D eigenvalue weighted by Gasteiger charge is 2.12. The van der Waals surface area contributed by atoms with Crippen LogP contribution in [0, 0.1) is 17.5 Å². The predicted molar refractivity (Wildman–Crippen MR) is 58.6 cm³/mol. The van der Waals surface area contributed by atoms with Gasteiger partial charge < -0.3 is 0 Å². The second kappa shape index (κ2) is 5.00. The molecule has 1 aromatic carbocycles. The van der Waals surface area contributed by atoms with Crippen LogP contribution in [0.25, 0.3) is 0 Å². The Morgan fingerprint density at radius 2 is 1.78 bits per heavy atom. The van der Waals surface area contributed by atoms with Crippen molar-refractivity contribution in [3.63, 3.8) is 0 Å². The molecule has 1 heterocycles. The van der Waals surface area contributed by atoms with Crippen LogP contribution in [-0.2, 0) is 6.42 Å². The van der Waals surface area contributed by atoms with Gasteiger partial charge in [0.15, 0.2) is 5.78 Å². The number of pyridine rings is 1. The Balaban J connectivity index is 2.18. The van der Waals surface area contributed by atoms with Crippen molar-refractivity contribution in [1.29, 1.82) is 0 Å². The zero-order valence-electron chi connectivity index (χ0n) is 9.16. The summed E-state index contributed by atoms with van der Waals surface area (Å²) in [6.07, 6.45) is 0.666. The maximum atomic E-state index is 13.3. The molecule has 0 atom stereocenters. The average molecular weight is 251 g/mol. The van der Waals surface area contributed by atoms with Crippen LogP contribution >= 0.6 is 0 Å². The summed E-state index contributed by atoms with van der Waals surface area (Å²) in [6.45, 7) is 0. The van der Waals surface area contributed by atoms with Gasteiger partial charge in [-0.1, -0.05) is 6.07 Å². The number of aromatic nitrogens is 1. The SMILES string of the molecule is O=C(Cc1ccc(F)cc1F)c1ccc(F)cn1. The van der Waals surface area contributed by atoms with Crippen LogP contribution in [0.15, 0.2) is 36.5 Å². The molecule has 0 N–H and O–H groups in total. The van der Waals surface area contributed by atoms with Gasteiger partial charge in [0.1, 0.15) is 23.1 Å². The minimum absolute atomic E-state index is 0.0418. The van der Waals surface area contributed by atoms with Crippen molar-refractivity contribution < 1.29 is 18.0 Å². The van der Waals surface area contributed by atoms with E-state index in [1.165, 1.54) is 12.1 Å². The molecule has 1 aromatic heterocycles. The number of benzene rings is 1. The lowest BCUT2D eigenvalue weighted by atomic mass is 10.1. The first-order chi connectivity index (χ1) is 8.56. The minimum atomic E-state index is -0.787. The minimum Gasteiger partial charge on any atom is -0.292 e. The van der Waals surface area contributed by atoms with Crippen LogP contribution in [0.5, 0.6) is 0 Å². The molecule has 0 radical (unpaired) electrons. The number of nitrogens with zero attached hydrogens (tertiary/aromatic N) is 1. The molecule has 5 heteroatoms. The summed E-state index contributed by atoms with van der Waals surface area (Å²) in [6, 6.07) is 5.30. The zero-order valence-corrected chi connectivity index (χ0v) is 9.16. The topological polar surface area (TPSA) is 30.0 Å². The van der Waals surface area contributed by atoms with Gasteiger partial charge >= 0.3 is 0 Å². The molecule has 0 spiro atoms. The van der Waals surface area contributed by atoms with Gasteiger partial charge in [-0.05, 0) is 23.8 Å². The Hall–Kier alpha value is -2.17. The molecule has 2 aromatic rings. The molecular weight excluding hydrogens is 243 g/mol. The van der Waals surface area contributed by atoms with Gasteiger partial charge in [0.25, 0.3) is 0 Å². The number of carbonyl (C=O) groups excluding carboxylic acids is 1. The van der Waals surface area contributed by atoms with Crippen LogP contribution in [0.2, 0.25) is 0 Å². The quantitative estimate of drug-likeness (QED) is 0.785. The average Bonchev–Trinajstić information content (AvgIpc) is 2.33. The summed E-state index contributed by atoms with van der Waals surface area (Å²) >= 11 is 0. The molecule has 0 saturated carbocycles. The molecule has 0 aliphatic carbocycles. The molecule has 0 fully saturated rings. The summed E-state index contributed by atoms with van der Waals surface area (Å²) < 4.78 is 38.6. The van der Waals surface area contributed by atoms with Crippen molar-refractivity contribution in [2.75, 3.05) is 0 Å². The highest BCUT2D eigenvalue weighted by Crippen LogP contribution is 2.12. The van der Waals surface area contributed by atoms with Crippen molar-refractivity contribution in [3.05, 3.63) is 65.2 Å². The van der Waals surface area contributed by atoms with E-state index in [0.29, 0.717) is 6.07 Å². The Morgan fingerprint density at radius 3 is 2.39 bits per heavy atom.